The smallest absolute Gasteiger partial charge is 0.342 e. The molecular weight excluding hydrogens is 306 g/mol. The molecule has 1 N–H and O–H groups in total. The Kier molecular flexibility index (Phi) is 3.50. The first-order valence-electron chi connectivity index (χ1n) is 6.56. The molecular formula is C16H12ClNO4. The Morgan fingerprint density at radius 3 is 2.73 bits per heavy atom. The zero-order chi connectivity index (χ0) is 15.9. The number of halogens is 1. The number of phenolic OH excluding ortho intramolecular Hbond substituents is 1. The van der Waals surface area contributed by atoms with E-state index in [2.05, 4.69) is 0 Å². The topological polar surface area (TPSA) is 66.8 Å². The van der Waals surface area contributed by atoms with Crippen molar-refractivity contribution in [3.05, 3.63) is 58.6 Å². The van der Waals surface area contributed by atoms with E-state index in [4.69, 9.17) is 16.3 Å². The fourth-order valence-electron chi connectivity index (χ4n) is 2.45. The van der Waals surface area contributed by atoms with Gasteiger partial charge in [0.1, 0.15) is 5.75 Å². The SMILES string of the molecule is CC(=O)N1c2ccc(O)cc2C(=O)OC1c1cccc(Cl)c1. The minimum absolute atomic E-state index is 0.0691. The predicted molar refractivity (Wildman–Crippen MR) is 80.9 cm³/mol. The first-order valence-corrected chi connectivity index (χ1v) is 6.94. The van der Waals surface area contributed by atoms with Crippen LogP contribution in [0.5, 0.6) is 5.75 Å². The summed E-state index contributed by atoms with van der Waals surface area (Å²) in [4.78, 5) is 25.6. The van der Waals surface area contributed by atoms with Crippen molar-refractivity contribution in [2.45, 2.75) is 13.2 Å². The van der Waals surface area contributed by atoms with Crippen LogP contribution in [0.2, 0.25) is 5.02 Å². The van der Waals surface area contributed by atoms with E-state index < -0.39 is 12.2 Å². The Hall–Kier alpha value is -2.53. The van der Waals surface area contributed by atoms with Crippen LogP contribution in [-0.2, 0) is 9.53 Å². The molecule has 1 atom stereocenters. The summed E-state index contributed by atoms with van der Waals surface area (Å²) >= 11 is 5.97. The molecule has 2 aromatic rings. The Labute approximate surface area is 131 Å². The van der Waals surface area contributed by atoms with Crippen LogP contribution in [0.1, 0.15) is 29.1 Å². The third-order valence-corrected chi connectivity index (χ3v) is 3.62. The lowest BCUT2D eigenvalue weighted by molar-refractivity contribution is -0.118. The molecule has 3 rings (SSSR count). The lowest BCUT2D eigenvalue weighted by atomic mass is 10.1. The van der Waals surface area contributed by atoms with Gasteiger partial charge in [-0.25, -0.2) is 4.79 Å². The minimum atomic E-state index is -0.888. The highest BCUT2D eigenvalue weighted by atomic mass is 35.5. The van der Waals surface area contributed by atoms with Crippen molar-refractivity contribution in [3.8, 4) is 5.75 Å². The van der Waals surface area contributed by atoms with E-state index in [1.54, 1.807) is 24.3 Å². The number of anilines is 1. The second-order valence-corrected chi connectivity index (χ2v) is 5.34. The van der Waals surface area contributed by atoms with Gasteiger partial charge in [0.2, 0.25) is 12.1 Å². The minimum Gasteiger partial charge on any atom is -0.508 e. The fourth-order valence-corrected chi connectivity index (χ4v) is 2.65. The van der Waals surface area contributed by atoms with Crippen molar-refractivity contribution < 1.29 is 19.4 Å². The molecule has 0 bridgehead atoms. The van der Waals surface area contributed by atoms with Gasteiger partial charge in [-0.05, 0) is 30.3 Å². The van der Waals surface area contributed by atoms with Crippen molar-refractivity contribution in [2.24, 2.45) is 0 Å². The Morgan fingerprint density at radius 1 is 1.27 bits per heavy atom. The van der Waals surface area contributed by atoms with E-state index in [-0.39, 0.29) is 17.2 Å². The van der Waals surface area contributed by atoms with Gasteiger partial charge in [0.05, 0.1) is 11.3 Å². The molecule has 0 saturated heterocycles. The molecule has 1 unspecified atom stereocenters. The molecule has 0 saturated carbocycles. The number of carbonyl (C=O) groups excluding carboxylic acids is 2. The lowest BCUT2D eigenvalue weighted by Gasteiger charge is -2.35. The van der Waals surface area contributed by atoms with Gasteiger partial charge in [-0.15, -0.1) is 0 Å². The number of hydrogen-bond donors (Lipinski definition) is 1. The highest BCUT2D eigenvalue weighted by Gasteiger charge is 2.36. The summed E-state index contributed by atoms with van der Waals surface area (Å²) < 4.78 is 5.38. The van der Waals surface area contributed by atoms with Gasteiger partial charge in [-0.1, -0.05) is 23.7 Å². The zero-order valence-electron chi connectivity index (χ0n) is 11.6. The summed E-state index contributed by atoms with van der Waals surface area (Å²) in [7, 11) is 0. The van der Waals surface area contributed by atoms with Crippen molar-refractivity contribution in [3.63, 3.8) is 0 Å². The number of hydrogen-bond acceptors (Lipinski definition) is 4. The van der Waals surface area contributed by atoms with Crippen molar-refractivity contribution in [1.29, 1.82) is 0 Å². The second kappa shape index (κ2) is 5.35. The van der Waals surface area contributed by atoms with E-state index in [0.717, 1.165) is 0 Å². The molecule has 22 heavy (non-hydrogen) atoms. The van der Waals surface area contributed by atoms with Gasteiger partial charge < -0.3 is 9.84 Å². The van der Waals surface area contributed by atoms with Crippen LogP contribution in [0.4, 0.5) is 5.69 Å². The second-order valence-electron chi connectivity index (χ2n) is 4.90. The number of phenols is 1. The number of carbonyl (C=O) groups is 2. The predicted octanol–water partition coefficient (Wildman–Crippen LogP) is 3.27. The molecule has 0 aliphatic carbocycles. The largest absolute Gasteiger partial charge is 0.508 e. The van der Waals surface area contributed by atoms with Crippen molar-refractivity contribution in [1.82, 2.24) is 0 Å². The number of fused-ring (bicyclic) bond motifs is 1. The molecule has 5 nitrogen and oxygen atoms in total. The van der Waals surface area contributed by atoms with E-state index in [1.807, 2.05) is 0 Å². The molecule has 1 amide bonds. The molecule has 1 aliphatic rings. The van der Waals surface area contributed by atoms with Crippen LogP contribution in [0, 0.1) is 0 Å². The number of esters is 1. The first-order chi connectivity index (χ1) is 10.5. The molecule has 0 aromatic heterocycles. The van der Waals surface area contributed by atoms with Crippen LogP contribution >= 0.6 is 11.6 Å². The molecule has 1 heterocycles. The zero-order valence-corrected chi connectivity index (χ0v) is 12.4. The van der Waals surface area contributed by atoms with Crippen LogP contribution < -0.4 is 4.90 Å². The summed E-state index contributed by atoms with van der Waals surface area (Å²) in [6.45, 7) is 1.38. The lowest BCUT2D eigenvalue weighted by Crippen LogP contribution is -2.40. The van der Waals surface area contributed by atoms with Crippen molar-refractivity contribution in [2.75, 3.05) is 4.90 Å². The van der Waals surface area contributed by atoms with E-state index in [0.29, 0.717) is 16.3 Å². The average Bonchev–Trinajstić information content (AvgIpc) is 2.47. The number of nitrogens with zero attached hydrogens (tertiary/aromatic N) is 1. The number of rotatable bonds is 1. The highest BCUT2D eigenvalue weighted by Crippen LogP contribution is 2.38. The van der Waals surface area contributed by atoms with Crippen LogP contribution in [0.3, 0.4) is 0 Å². The number of amides is 1. The molecule has 1 aliphatic heterocycles. The number of cyclic esters (lactones) is 1. The highest BCUT2D eigenvalue weighted by molar-refractivity contribution is 6.30. The molecule has 0 spiro atoms. The third kappa shape index (κ3) is 2.40. The molecule has 2 aromatic carbocycles. The average molecular weight is 318 g/mol. The Morgan fingerprint density at radius 2 is 2.05 bits per heavy atom. The molecule has 112 valence electrons. The maximum Gasteiger partial charge on any atom is 0.342 e. The van der Waals surface area contributed by atoms with Gasteiger partial charge in [0, 0.05) is 17.5 Å². The normalized spacial score (nSPS) is 16.9. The van der Waals surface area contributed by atoms with E-state index in [1.165, 1.54) is 30.0 Å². The fraction of sp³-hybridized carbons (Fsp3) is 0.125. The number of ether oxygens (including phenoxy) is 1. The van der Waals surface area contributed by atoms with Crippen LogP contribution in [-0.4, -0.2) is 17.0 Å². The Bertz CT molecular complexity index is 774. The number of benzene rings is 2. The maximum atomic E-state index is 12.2. The summed E-state index contributed by atoms with van der Waals surface area (Å²) in [6, 6.07) is 11.0. The van der Waals surface area contributed by atoms with Crippen LogP contribution in [0.25, 0.3) is 0 Å². The van der Waals surface area contributed by atoms with Crippen LogP contribution in [0.15, 0.2) is 42.5 Å². The summed E-state index contributed by atoms with van der Waals surface area (Å²) in [5.74, 6) is -0.960. The van der Waals surface area contributed by atoms with Gasteiger partial charge in [-0.2, -0.15) is 0 Å². The standard InChI is InChI=1S/C16H12ClNO4/c1-9(19)18-14-6-5-12(20)8-13(14)16(21)22-15(18)10-3-2-4-11(17)7-10/h2-8,15,20H,1H3. The number of aromatic hydroxyl groups is 1. The summed E-state index contributed by atoms with van der Waals surface area (Å²) in [5.41, 5.74) is 1.13. The van der Waals surface area contributed by atoms with E-state index >= 15 is 0 Å². The van der Waals surface area contributed by atoms with Gasteiger partial charge in [-0.3, -0.25) is 9.69 Å². The third-order valence-electron chi connectivity index (χ3n) is 3.39. The quantitative estimate of drug-likeness (QED) is 0.820. The maximum absolute atomic E-state index is 12.2. The van der Waals surface area contributed by atoms with Gasteiger partial charge in [0.25, 0.3) is 0 Å². The Balaban J connectivity index is 2.15. The monoisotopic (exact) mass is 317 g/mol. The van der Waals surface area contributed by atoms with E-state index in [9.17, 15) is 14.7 Å². The molecule has 6 heteroatoms. The summed E-state index contributed by atoms with van der Waals surface area (Å²) in [6.07, 6.45) is -0.888. The molecule has 0 fully saturated rings. The first kappa shape index (κ1) is 14.4. The summed E-state index contributed by atoms with van der Waals surface area (Å²) in [5, 5.41) is 10.0. The van der Waals surface area contributed by atoms with Gasteiger partial charge in [0.15, 0.2) is 0 Å². The van der Waals surface area contributed by atoms with Crippen molar-refractivity contribution >= 4 is 29.2 Å². The molecule has 0 radical (unpaired) electrons. The van der Waals surface area contributed by atoms with Gasteiger partial charge >= 0.3 is 5.97 Å².